The topological polar surface area (TPSA) is 89.2 Å². The Hall–Kier alpha value is -2.34. The number of nitrogens with two attached hydrogens (primary N) is 1. The fourth-order valence-corrected chi connectivity index (χ4v) is 2.64. The van der Waals surface area contributed by atoms with Gasteiger partial charge in [0.2, 0.25) is 11.8 Å². The van der Waals surface area contributed by atoms with Gasteiger partial charge in [-0.3, -0.25) is 9.59 Å². The summed E-state index contributed by atoms with van der Waals surface area (Å²) in [6.07, 6.45) is 6.38. The molecule has 0 spiro atoms. The number of unbranched alkanes of at least 4 members (excludes halogenated alkanes) is 3. The van der Waals surface area contributed by atoms with E-state index in [1.54, 1.807) is 7.05 Å². The van der Waals surface area contributed by atoms with Gasteiger partial charge in [-0.25, -0.2) is 0 Å². The smallest absolute Gasteiger partial charge is 0.239 e. The highest BCUT2D eigenvalue weighted by Crippen LogP contribution is 2.21. The Labute approximate surface area is 142 Å². The van der Waals surface area contributed by atoms with E-state index < -0.39 is 0 Å². The van der Waals surface area contributed by atoms with Crippen LogP contribution in [0, 0.1) is 0 Å². The van der Waals surface area contributed by atoms with E-state index in [4.69, 9.17) is 5.73 Å². The van der Waals surface area contributed by atoms with Crippen molar-refractivity contribution in [3.05, 3.63) is 30.5 Å². The summed E-state index contributed by atoms with van der Waals surface area (Å²) in [4.78, 5) is 23.6. The highest BCUT2D eigenvalue weighted by atomic mass is 16.2. The molecule has 0 radical (unpaired) electrons. The number of amides is 2. The Bertz CT molecular complexity index is 693. The van der Waals surface area contributed by atoms with Crippen LogP contribution in [0.25, 0.3) is 10.9 Å². The summed E-state index contributed by atoms with van der Waals surface area (Å²) in [6.45, 7) is 0.973. The molecule has 4 N–H and O–H groups in total. The van der Waals surface area contributed by atoms with Gasteiger partial charge in [0.15, 0.2) is 0 Å². The van der Waals surface area contributed by atoms with Crippen LogP contribution >= 0.6 is 0 Å². The van der Waals surface area contributed by atoms with E-state index in [0.29, 0.717) is 13.0 Å². The van der Waals surface area contributed by atoms with Gasteiger partial charge in [-0.1, -0.05) is 18.9 Å². The SMILES string of the molecule is CNC(=O)Cn1ccc2ccc(NC(=O)CCCCCCN)cc21. The molecule has 2 rings (SSSR count). The van der Waals surface area contributed by atoms with Crippen LogP contribution in [0.5, 0.6) is 0 Å². The van der Waals surface area contributed by atoms with Crippen LogP contribution in [-0.2, 0) is 16.1 Å². The second-order valence-electron chi connectivity index (χ2n) is 5.89. The molecule has 0 aliphatic heterocycles. The molecular weight excluding hydrogens is 304 g/mol. The summed E-state index contributed by atoms with van der Waals surface area (Å²) in [5.41, 5.74) is 7.14. The van der Waals surface area contributed by atoms with E-state index in [-0.39, 0.29) is 18.4 Å². The maximum Gasteiger partial charge on any atom is 0.239 e. The molecule has 1 heterocycles. The number of anilines is 1. The fourth-order valence-electron chi connectivity index (χ4n) is 2.64. The van der Waals surface area contributed by atoms with Crippen molar-refractivity contribution in [3.63, 3.8) is 0 Å². The maximum absolute atomic E-state index is 12.0. The second kappa shape index (κ2) is 9.08. The van der Waals surface area contributed by atoms with Crippen LogP contribution in [0.3, 0.4) is 0 Å². The standard InChI is InChI=1S/C18H26N4O2/c1-20-18(24)13-22-11-9-14-7-8-15(12-16(14)22)21-17(23)6-4-2-3-5-10-19/h7-9,11-12H,2-6,10,13,19H2,1H3,(H,20,24)(H,21,23). The highest BCUT2D eigenvalue weighted by molar-refractivity contribution is 5.94. The third kappa shape index (κ3) is 5.09. The Kier molecular flexibility index (Phi) is 6.81. The lowest BCUT2D eigenvalue weighted by atomic mass is 10.1. The molecule has 0 aliphatic carbocycles. The monoisotopic (exact) mass is 330 g/mol. The predicted molar refractivity (Wildman–Crippen MR) is 96.8 cm³/mol. The van der Waals surface area contributed by atoms with E-state index in [0.717, 1.165) is 42.3 Å². The molecule has 0 saturated carbocycles. The summed E-state index contributed by atoms with van der Waals surface area (Å²) in [7, 11) is 1.62. The number of nitrogens with one attached hydrogen (secondary N) is 2. The van der Waals surface area contributed by atoms with Crippen molar-refractivity contribution >= 4 is 28.4 Å². The zero-order valence-electron chi connectivity index (χ0n) is 14.2. The Morgan fingerprint density at radius 1 is 1.08 bits per heavy atom. The number of fused-ring (bicyclic) bond motifs is 1. The number of nitrogens with zero attached hydrogens (tertiary/aromatic N) is 1. The van der Waals surface area contributed by atoms with Gasteiger partial charge >= 0.3 is 0 Å². The first-order chi connectivity index (χ1) is 11.6. The summed E-state index contributed by atoms with van der Waals surface area (Å²) >= 11 is 0. The summed E-state index contributed by atoms with van der Waals surface area (Å²) in [5.74, 6) is -0.0362. The lowest BCUT2D eigenvalue weighted by Gasteiger charge is -2.08. The molecule has 6 heteroatoms. The molecule has 130 valence electrons. The Morgan fingerprint density at radius 3 is 2.62 bits per heavy atom. The Balaban J connectivity index is 1.95. The van der Waals surface area contributed by atoms with Gasteiger partial charge in [-0.05, 0) is 43.0 Å². The molecule has 1 aromatic heterocycles. The predicted octanol–water partition coefficient (Wildman–Crippen LogP) is 2.23. The van der Waals surface area contributed by atoms with Crippen molar-refractivity contribution in [2.45, 2.75) is 38.6 Å². The van der Waals surface area contributed by atoms with Crippen LogP contribution in [-0.4, -0.2) is 30.0 Å². The van der Waals surface area contributed by atoms with Crippen LogP contribution in [0.1, 0.15) is 32.1 Å². The second-order valence-corrected chi connectivity index (χ2v) is 5.89. The lowest BCUT2D eigenvalue weighted by Crippen LogP contribution is -2.23. The van der Waals surface area contributed by atoms with Gasteiger partial charge in [0.1, 0.15) is 6.54 Å². The Morgan fingerprint density at radius 2 is 1.88 bits per heavy atom. The molecule has 1 aromatic carbocycles. The number of aromatic nitrogens is 1. The first kappa shape index (κ1) is 18.0. The van der Waals surface area contributed by atoms with Gasteiger partial charge in [-0.15, -0.1) is 0 Å². The lowest BCUT2D eigenvalue weighted by molar-refractivity contribution is -0.121. The minimum Gasteiger partial charge on any atom is -0.358 e. The first-order valence-electron chi connectivity index (χ1n) is 8.43. The van der Waals surface area contributed by atoms with Crippen molar-refractivity contribution in [3.8, 4) is 0 Å². The molecule has 6 nitrogen and oxygen atoms in total. The average Bonchev–Trinajstić information content (AvgIpc) is 2.97. The molecule has 0 aliphatic rings. The maximum atomic E-state index is 12.0. The number of benzene rings is 1. The molecule has 0 unspecified atom stereocenters. The molecule has 2 amide bonds. The zero-order valence-corrected chi connectivity index (χ0v) is 14.2. The van der Waals surface area contributed by atoms with E-state index in [2.05, 4.69) is 10.6 Å². The van der Waals surface area contributed by atoms with Crippen molar-refractivity contribution in [1.82, 2.24) is 9.88 Å². The molecule has 0 fully saturated rings. The minimum atomic E-state index is -0.0561. The van der Waals surface area contributed by atoms with Crippen molar-refractivity contribution in [1.29, 1.82) is 0 Å². The number of rotatable bonds is 9. The molecule has 24 heavy (non-hydrogen) atoms. The van der Waals surface area contributed by atoms with Crippen LogP contribution in [0.2, 0.25) is 0 Å². The molecule has 0 saturated heterocycles. The third-order valence-electron chi connectivity index (χ3n) is 4.01. The van der Waals surface area contributed by atoms with Crippen molar-refractivity contribution in [2.75, 3.05) is 18.9 Å². The van der Waals surface area contributed by atoms with Gasteiger partial charge in [0.05, 0.1) is 5.52 Å². The van der Waals surface area contributed by atoms with E-state index in [1.165, 1.54) is 0 Å². The molecule has 2 aromatic rings. The molecular formula is C18H26N4O2. The van der Waals surface area contributed by atoms with Gasteiger partial charge < -0.3 is 20.9 Å². The largest absolute Gasteiger partial charge is 0.358 e. The first-order valence-corrected chi connectivity index (χ1v) is 8.43. The number of hydrogen-bond donors (Lipinski definition) is 3. The van der Waals surface area contributed by atoms with Gasteiger partial charge in [-0.2, -0.15) is 0 Å². The molecule has 0 bridgehead atoms. The van der Waals surface area contributed by atoms with E-state index in [1.807, 2.05) is 35.0 Å². The van der Waals surface area contributed by atoms with E-state index >= 15 is 0 Å². The van der Waals surface area contributed by atoms with Crippen LogP contribution in [0.15, 0.2) is 30.5 Å². The summed E-state index contributed by atoms with van der Waals surface area (Å²) < 4.78 is 1.87. The quantitative estimate of drug-likeness (QED) is 0.616. The number of carbonyl (C=O) groups excluding carboxylic acids is 2. The normalized spacial score (nSPS) is 10.8. The number of carbonyl (C=O) groups is 2. The summed E-state index contributed by atoms with van der Waals surface area (Å²) in [5, 5.41) is 6.59. The minimum absolute atomic E-state index is 0.0199. The third-order valence-corrected chi connectivity index (χ3v) is 4.01. The average molecular weight is 330 g/mol. The van der Waals surface area contributed by atoms with Crippen LogP contribution < -0.4 is 16.4 Å². The highest BCUT2D eigenvalue weighted by Gasteiger charge is 2.07. The number of hydrogen-bond acceptors (Lipinski definition) is 3. The zero-order chi connectivity index (χ0) is 17.4. The van der Waals surface area contributed by atoms with Gasteiger partial charge in [0.25, 0.3) is 0 Å². The summed E-state index contributed by atoms with van der Waals surface area (Å²) in [6, 6.07) is 7.71. The van der Waals surface area contributed by atoms with Gasteiger partial charge in [0, 0.05) is 25.4 Å². The fraction of sp³-hybridized carbons (Fsp3) is 0.444. The van der Waals surface area contributed by atoms with Crippen molar-refractivity contribution in [2.24, 2.45) is 5.73 Å². The molecule has 0 atom stereocenters. The van der Waals surface area contributed by atoms with Crippen LogP contribution in [0.4, 0.5) is 5.69 Å². The van der Waals surface area contributed by atoms with Crippen molar-refractivity contribution < 1.29 is 9.59 Å². The van der Waals surface area contributed by atoms with E-state index in [9.17, 15) is 9.59 Å². The number of likely N-dealkylation sites (N-methyl/N-ethyl adjacent to an activating group) is 1.